The molecule has 0 aromatic heterocycles. The number of hydrogen-bond donors (Lipinski definition) is 2. The van der Waals surface area contributed by atoms with Crippen LogP contribution < -0.4 is 4.74 Å². The maximum atomic E-state index is 12.6. The van der Waals surface area contributed by atoms with Gasteiger partial charge >= 0.3 is 0 Å². The van der Waals surface area contributed by atoms with Crippen molar-refractivity contribution in [2.75, 3.05) is 14.2 Å². The Hall–Kier alpha value is -2.96. The number of phenolic OH excluding ortho intramolecular Hbond substituents is 1. The average molecular weight is 332 g/mol. The minimum absolute atomic E-state index is 0.132. The maximum Gasteiger partial charge on any atom is 0.236 e. The van der Waals surface area contributed by atoms with E-state index in [0.29, 0.717) is 16.9 Å². The average Bonchev–Trinajstić information content (AvgIpc) is 2.52. The number of Topliss-reactive ketones (excluding diaryl/α,β-unsaturated/α-hetero) is 2. The highest BCUT2D eigenvalue weighted by Gasteiger charge is 2.42. The standard InChI is InChI=1S/C17H16O7/c1-6-5-8-9(7(2)24-6)12(18)10-11(16(8)22-3)14(20)17(23-4)15(21)13(10)19/h5,7,18,21H,1-4H3. The number of allylic oxidation sites excluding steroid dienone is 3. The first-order chi connectivity index (χ1) is 11.3. The number of aliphatic hydroxyl groups excluding tert-OH is 1. The van der Waals surface area contributed by atoms with Gasteiger partial charge in [-0.1, -0.05) is 0 Å². The van der Waals surface area contributed by atoms with E-state index in [0.717, 1.165) is 0 Å². The molecular formula is C17H16O7. The monoisotopic (exact) mass is 332 g/mol. The predicted octanol–water partition coefficient (Wildman–Crippen LogP) is 2.65. The van der Waals surface area contributed by atoms with Crippen LogP contribution in [0.3, 0.4) is 0 Å². The van der Waals surface area contributed by atoms with Crippen molar-refractivity contribution >= 4 is 17.6 Å². The Morgan fingerprint density at radius 1 is 1.08 bits per heavy atom. The van der Waals surface area contributed by atoms with Crippen molar-refractivity contribution in [2.24, 2.45) is 0 Å². The molecular weight excluding hydrogens is 316 g/mol. The summed E-state index contributed by atoms with van der Waals surface area (Å²) in [6.07, 6.45) is 1.07. The van der Waals surface area contributed by atoms with Gasteiger partial charge in [-0.3, -0.25) is 9.59 Å². The van der Waals surface area contributed by atoms with Gasteiger partial charge in [0, 0.05) is 11.1 Å². The molecule has 7 nitrogen and oxygen atoms in total. The number of carbonyl (C=O) groups is 2. The summed E-state index contributed by atoms with van der Waals surface area (Å²) >= 11 is 0. The van der Waals surface area contributed by atoms with Crippen molar-refractivity contribution in [1.82, 2.24) is 0 Å². The fraction of sp³-hybridized carbons (Fsp3) is 0.294. The number of aromatic hydroxyl groups is 1. The first kappa shape index (κ1) is 15.9. The van der Waals surface area contributed by atoms with Crippen LogP contribution in [0.15, 0.2) is 17.3 Å². The third kappa shape index (κ3) is 1.90. The van der Waals surface area contributed by atoms with Crippen LogP contribution in [-0.4, -0.2) is 36.0 Å². The number of aliphatic hydroxyl groups is 1. The lowest BCUT2D eigenvalue weighted by Crippen LogP contribution is -2.26. The Labute approximate surface area is 137 Å². The summed E-state index contributed by atoms with van der Waals surface area (Å²) in [7, 11) is 2.53. The minimum Gasteiger partial charge on any atom is -0.507 e. The molecule has 0 saturated heterocycles. The van der Waals surface area contributed by atoms with Crippen LogP contribution in [-0.2, 0) is 9.47 Å². The molecule has 0 spiro atoms. The quantitative estimate of drug-likeness (QED) is 0.858. The van der Waals surface area contributed by atoms with Crippen molar-refractivity contribution in [3.63, 3.8) is 0 Å². The molecule has 1 aromatic rings. The molecule has 7 heteroatoms. The van der Waals surface area contributed by atoms with Crippen LogP contribution in [0.4, 0.5) is 0 Å². The molecule has 1 atom stereocenters. The highest BCUT2D eigenvalue weighted by molar-refractivity contribution is 6.27. The van der Waals surface area contributed by atoms with Crippen LogP contribution >= 0.6 is 0 Å². The summed E-state index contributed by atoms with van der Waals surface area (Å²) in [6, 6.07) is 0. The Morgan fingerprint density at radius 3 is 2.33 bits per heavy atom. The van der Waals surface area contributed by atoms with Gasteiger partial charge in [-0.05, 0) is 19.9 Å². The molecule has 24 heavy (non-hydrogen) atoms. The fourth-order valence-corrected chi connectivity index (χ4v) is 3.16. The summed E-state index contributed by atoms with van der Waals surface area (Å²) in [5, 5.41) is 20.6. The molecule has 1 aliphatic heterocycles. The largest absolute Gasteiger partial charge is 0.507 e. The van der Waals surface area contributed by atoms with Crippen molar-refractivity contribution in [1.29, 1.82) is 0 Å². The first-order valence-corrected chi connectivity index (χ1v) is 7.21. The highest BCUT2D eigenvalue weighted by Crippen LogP contribution is 2.48. The van der Waals surface area contributed by atoms with E-state index in [9.17, 15) is 19.8 Å². The first-order valence-electron chi connectivity index (χ1n) is 7.21. The Bertz CT molecular complexity index is 845. The molecule has 1 heterocycles. The number of fused-ring (bicyclic) bond motifs is 2. The number of methoxy groups -OCH3 is 2. The summed E-state index contributed by atoms with van der Waals surface area (Å²) < 4.78 is 15.8. The molecule has 126 valence electrons. The van der Waals surface area contributed by atoms with E-state index in [1.54, 1.807) is 19.9 Å². The summed E-state index contributed by atoms with van der Waals surface area (Å²) in [6.45, 7) is 3.43. The molecule has 1 aromatic carbocycles. The van der Waals surface area contributed by atoms with Gasteiger partial charge in [0.15, 0.2) is 0 Å². The van der Waals surface area contributed by atoms with E-state index < -0.39 is 34.9 Å². The molecule has 3 rings (SSSR count). The number of benzene rings is 1. The number of ether oxygens (including phenoxy) is 3. The predicted molar refractivity (Wildman–Crippen MR) is 83.1 cm³/mol. The lowest BCUT2D eigenvalue weighted by atomic mass is 9.84. The molecule has 2 aliphatic rings. The minimum atomic E-state index is -0.904. The van der Waals surface area contributed by atoms with Crippen LogP contribution in [0.25, 0.3) is 6.08 Å². The van der Waals surface area contributed by atoms with E-state index in [4.69, 9.17) is 14.2 Å². The van der Waals surface area contributed by atoms with E-state index in [2.05, 4.69) is 0 Å². The Morgan fingerprint density at radius 2 is 1.75 bits per heavy atom. The zero-order valence-corrected chi connectivity index (χ0v) is 13.6. The summed E-state index contributed by atoms with van der Waals surface area (Å²) in [4.78, 5) is 25.1. The lowest BCUT2D eigenvalue weighted by molar-refractivity contribution is 0.0847. The third-order valence-electron chi connectivity index (χ3n) is 4.12. The highest BCUT2D eigenvalue weighted by atomic mass is 16.5. The second kappa shape index (κ2) is 5.30. The molecule has 0 radical (unpaired) electrons. The SMILES string of the molecule is COC1=C(O)C(=O)c2c(O)c3c(c(OC)c2C1=O)C=C(C)OC3C. The zero-order valence-electron chi connectivity index (χ0n) is 13.6. The van der Waals surface area contributed by atoms with Gasteiger partial charge < -0.3 is 24.4 Å². The Balaban J connectivity index is 2.46. The molecule has 0 saturated carbocycles. The van der Waals surface area contributed by atoms with Crippen molar-refractivity contribution in [3.8, 4) is 11.5 Å². The maximum absolute atomic E-state index is 12.6. The van der Waals surface area contributed by atoms with E-state index in [-0.39, 0.29) is 16.9 Å². The number of ketones is 2. The molecule has 0 bridgehead atoms. The fourth-order valence-electron chi connectivity index (χ4n) is 3.16. The number of phenols is 1. The molecule has 0 amide bonds. The van der Waals surface area contributed by atoms with E-state index in [1.807, 2.05) is 0 Å². The second-order valence-corrected chi connectivity index (χ2v) is 5.51. The number of rotatable bonds is 2. The van der Waals surface area contributed by atoms with Crippen LogP contribution in [0.1, 0.15) is 51.8 Å². The van der Waals surface area contributed by atoms with Gasteiger partial charge in [-0.25, -0.2) is 0 Å². The molecule has 0 fully saturated rings. The van der Waals surface area contributed by atoms with Gasteiger partial charge in [0.2, 0.25) is 23.1 Å². The lowest BCUT2D eigenvalue weighted by Gasteiger charge is -2.29. The summed E-state index contributed by atoms with van der Waals surface area (Å²) in [5.41, 5.74) is 0.345. The van der Waals surface area contributed by atoms with Crippen molar-refractivity contribution in [2.45, 2.75) is 20.0 Å². The smallest absolute Gasteiger partial charge is 0.236 e. The number of carbonyl (C=O) groups excluding carboxylic acids is 2. The van der Waals surface area contributed by atoms with Crippen LogP contribution in [0.2, 0.25) is 0 Å². The van der Waals surface area contributed by atoms with E-state index >= 15 is 0 Å². The van der Waals surface area contributed by atoms with Gasteiger partial charge in [-0.2, -0.15) is 0 Å². The third-order valence-corrected chi connectivity index (χ3v) is 4.12. The number of hydrogen-bond acceptors (Lipinski definition) is 7. The van der Waals surface area contributed by atoms with Crippen LogP contribution in [0.5, 0.6) is 11.5 Å². The second-order valence-electron chi connectivity index (χ2n) is 5.51. The van der Waals surface area contributed by atoms with Gasteiger partial charge in [0.25, 0.3) is 0 Å². The topological polar surface area (TPSA) is 102 Å². The van der Waals surface area contributed by atoms with Crippen LogP contribution in [0, 0.1) is 0 Å². The molecule has 1 aliphatic carbocycles. The van der Waals surface area contributed by atoms with Gasteiger partial charge in [0.1, 0.15) is 17.6 Å². The Kier molecular flexibility index (Phi) is 3.51. The molecule has 2 N–H and O–H groups in total. The normalized spacial score (nSPS) is 19.3. The van der Waals surface area contributed by atoms with Crippen molar-refractivity contribution < 1.29 is 34.0 Å². The van der Waals surface area contributed by atoms with Gasteiger partial charge in [0.05, 0.1) is 31.1 Å². The van der Waals surface area contributed by atoms with E-state index in [1.165, 1.54) is 14.2 Å². The zero-order chi connectivity index (χ0) is 17.8. The van der Waals surface area contributed by atoms with Gasteiger partial charge in [-0.15, -0.1) is 0 Å². The van der Waals surface area contributed by atoms with Crippen molar-refractivity contribution in [3.05, 3.63) is 39.5 Å². The summed E-state index contributed by atoms with van der Waals surface area (Å²) in [5.74, 6) is -2.66. The molecule has 1 unspecified atom stereocenters.